The van der Waals surface area contributed by atoms with Crippen LogP contribution in [0.15, 0.2) is 48.7 Å². The van der Waals surface area contributed by atoms with Gasteiger partial charge in [-0.2, -0.15) is 0 Å². The molecule has 0 radical (unpaired) electrons. The highest BCUT2D eigenvalue weighted by Crippen LogP contribution is 2.28. The number of pyridine rings is 1. The number of nitrogens with zero attached hydrogens (tertiary/aromatic N) is 1. The first-order valence-electron chi connectivity index (χ1n) is 7.92. The molecule has 0 saturated heterocycles. The Labute approximate surface area is 144 Å². The third-order valence-corrected chi connectivity index (χ3v) is 4.13. The molecule has 1 aromatic heterocycles. The lowest BCUT2D eigenvalue weighted by Gasteiger charge is -2.29. The van der Waals surface area contributed by atoms with E-state index in [1.54, 1.807) is 6.20 Å². The van der Waals surface area contributed by atoms with Crippen LogP contribution in [0.25, 0.3) is 0 Å². The Hall–Kier alpha value is -1.94. The number of hydrogen-bond donors (Lipinski definition) is 2. The molecule has 0 aliphatic carbocycles. The molecule has 0 fully saturated rings. The van der Waals surface area contributed by atoms with Crippen LogP contribution in [0.5, 0.6) is 0 Å². The van der Waals surface area contributed by atoms with Crippen molar-refractivity contribution in [1.29, 1.82) is 0 Å². The zero-order chi connectivity index (χ0) is 16.9. The summed E-state index contributed by atoms with van der Waals surface area (Å²) in [5.41, 5.74) is 2.58. The Morgan fingerprint density at radius 1 is 1.22 bits per heavy atom. The maximum absolute atomic E-state index is 5.40. The highest BCUT2D eigenvalue weighted by atomic mass is 32.1. The zero-order valence-corrected chi connectivity index (χ0v) is 15.1. The summed E-state index contributed by atoms with van der Waals surface area (Å²) in [5, 5.41) is 7.11. The van der Waals surface area contributed by atoms with E-state index < -0.39 is 0 Å². The van der Waals surface area contributed by atoms with Crippen LogP contribution in [0, 0.1) is 6.92 Å². The molecule has 1 aromatic carbocycles. The van der Waals surface area contributed by atoms with Gasteiger partial charge in [-0.15, -0.1) is 0 Å². The van der Waals surface area contributed by atoms with Gasteiger partial charge < -0.3 is 10.6 Å². The van der Waals surface area contributed by atoms with Gasteiger partial charge in [0, 0.05) is 12.2 Å². The van der Waals surface area contributed by atoms with Crippen LogP contribution in [-0.2, 0) is 5.41 Å². The standard InChI is InChI=1S/C19H25N3S/c1-14-10-11-20-17(12-14)22-18(23)21-15(2)13-19(3,4)16-8-6-5-7-9-16/h5-12,15H,13H2,1-4H3,(H2,20,21,22,23). The first kappa shape index (κ1) is 17.4. The Bertz CT molecular complexity index is 653. The van der Waals surface area contributed by atoms with E-state index in [1.165, 1.54) is 5.56 Å². The van der Waals surface area contributed by atoms with Crippen molar-refractivity contribution in [2.75, 3.05) is 5.32 Å². The van der Waals surface area contributed by atoms with Gasteiger partial charge in [0.1, 0.15) is 5.82 Å². The zero-order valence-electron chi connectivity index (χ0n) is 14.3. The van der Waals surface area contributed by atoms with E-state index in [1.807, 2.05) is 19.1 Å². The lowest BCUT2D eigenvalue weighted by molar-refractivity contribution is 0.420. The number of thiocarbonyl (C=S) groups is 1. The van der Waals surface area contributed by atoms with Crippen molar-refractivity contribution in [1.82, 2.24) is 10.3 Å². The van der Waals surface area contributed by atoms with Gasteiger partial charge in [-0.05, 0) is 61.2 Å². The molecule has 0 aliphatic heterocycles. The Kier molecular flexibility index (Phi) is 5.72. The van der Waals surface area contributed by atoms with Crippen LogP contribution < -0.4 is 10.6 Å². The molecule has 1 heterocycles. The normalized spacial score (nSPS) is 12.5. The molecule has 0 bridgehead atoms. The smallest absolute Gasteiger partial charge is 0.172 e. The number of nitrogens with one attached hydrogen (secondary N) is 2. The predicted octanol–water partition coefficient (Wildman–Crippen LogP) is 4.43. The number of aromatic nitrogens is 1. The topological polar surface area (TPSA) is 37.0 Å². The molecule has 23 heavy (non-hydrogen) atoms. The summed E-state index contributed by atoms with van der Waals surface area (Å²) >= 11 is 5.40. The van der Waals surface area contributed by atoms with Gasteiger partial charge in [-0.3, -0.25) is 0 Å². The summed E-state index contributed by atoms with van der Waals surface area (Å²) in [7, 11) is 0. The van der Waals surface area contributed by atoms with Gasteiger partial charge in [0.15, 0.2) is 5.11 Å². The van der Waals surface area contributed by atoms with E-state index >= 15 is 0 Å². The number of hydrogen-bond acceptors (Lipinski definition) is 2. The molecular formula is C19H25N3S. The molecule has 1 unspecified atom stereocenters. The second-order valence-corrected chi connectivity index (χ2v) is 7.08. The highest BCUT2D eigenvalue weighted by molar-refractivity contribution is 7.80. The van der Waals surface area contributed by atoms with E-state index in [2.05, 4.69) is 66.7 Å². The van der Waals surface area contributed by atoms with E-state index in [4.69, 9.17) is 12.2 Å². The number of benzene rings is 1. The fraction of sp³-hybridized carbons (Fsp3) is 0.368. The second-order valence-electron chi connectivity index (χ2n) is 6.67. The molecule has 2 aromatic rings. The average Bonchev–Trinajstić information content (AvgIpc) is 2.47. The molecule has 0 aliphatic rings. The summed E-state index contributed by atoms with van der Waals surface area (Å²) < 4.78 is 0. The first-order chi connectivity index (χ1) is 10.9. The van der Waals surface area contributed by atoms with E-state index in [0.717, 1.165) is 17.8 Å². The minimum absolute atomic E-state index is 0.0882. The molecule has 3 nitrogen and oxygen atoms in total. The van der Waals surface area contributed by atoms with Crippen LogP contribution >= 0.6 is 12.2 Å². The number of anilines is 1. The van der Waals surface area contributed by atoms with Gasteiger partial charge in [0.25, 0.3) is 0 Å². The molecule has 2 N–H and O–H groups in total. The molecule has 0 spiro atoms. The summed E-state index contributed by atoms with van der Waals surface area (Å²) in [6, 6.07) is 14.8. The summed E-state index contributed by atoms with van der Waals surface area (Å²) in [6.07, 6.45) is 2.77. The molecule has 1 atom stereocenters. The van der Waals surface area contributed by atoms with Crippen molar-refractivity contribution in [2.24, 2.45) is 0 Å². The SMILES string of the molecule is Cc1ccnc(NC(=S)NC(C)CC(C)(C)c2ccccc2)c1. The molecule has 122 valence electrons. The van der Waals surface area contributed by atoms with Gasteiger partial charge in [0.2, 0.25) is 0 Å². The monoisotopic (exact) mass is 327 g/mol. The van der Waals surface area contributed by atoms with Crippen molar-refractivity contribution < 1.29 is 0 Å². The highest BCUT2D eigenvalue weighted by Gasteiger charge is 2.23. The van der Waals surface area contributed by atoms with Crippen molar-refractivity contribution in [3.63, 3.8) is 0 Å². The fourth-order valence-electron chi connectivity index (χ4n) is 2.80. The van der Waals surface area contributed by atoms with Crippen molar-refractivity contribution in [2.45, 2.75) is 45.6 Å². The quantitative estimate of drug-likeness (QED) is 0.797. The minimum Gasteiger partial charge on any atom is -0.360 e. The third-order valence-electron chi connectivity index (χ3n) is 3.91. The Morgan fingerprint density at radius 3 is 2.57 bits per heavy atom. The largest absolute Gasteiger partial charge is 0.360 e. The summed E-state index contributed by atoms with van der Waals surface area (Å²) in [6.45, 7) is 8.72. The summed E-state index contributed by atoms with van der Waals surface area (Å²) in [4.78, 5) is 4.27. The fourth-order valence-corrected chi connectivity index (χ4v) is 3.11. The van der Waals surface area contributed by atoms with Crippen molar-refractivity contribution in [3.8, 4) is 0 Å². The lowest BCUT2D eigenvalue weighted by Crippen LogP contribution is -2.39. The van der Waals surface area contributed by atoms with Crippen molar-refractivity contribution >= 4 is 23.1 Å². The third kappa shape index (κ3) is 5.32. The van der Waals surface area contributed by atoms with Crippen LogP contribution in [-0.4, -0.2) is 16.1 Å². The van der Waals surface area contributed by atoms with Crippen LogP contribution in [0.1, 0.15) is 38.3 Å². The van der Waals surface area contributed by atoms with Crippen LogP contribution in [0.3, 0.4) is 0 Å². The second kappa shape index (κ2) is 7.55. The van der Waals surface area contributed by atoms with Crippen molar-refractivity contribution in [3.05, 3.63) is 59.8 Å². The Morgan fingerprint density at radius 2 is 1.91 bits per heavy atom. The molecule has 0 amide bonds. The molecule has 0 saturated carbocycles. The minimum atomic E-state index is 0.0882. The van der Waals surface area contributed by atoms with Gasteiger partial charge in [-0.25, -0.2) is 4.98 Å². The lowest BCUT2D eigenvalue weighted by atomic mass is 9.79. The average molecular weight is 327 g/mol. The van der Waals surface area contributed by atoms with Crippen LogP contribution in [0.2, 0.25) is 0 Å². The van der Waals surface area contributed by atoms with Gasteiger partial charge in [-0.1, -0.05) is 44.2 Å². The van der Waals surface area contributed by atoms with Gasteiger partial charge >= 0.3 is 0 Å². The molecular weight excluding hydrogens is 302 g/mol. The maximum atomic E-state index is 5.40. The number of aryl methyl sites for hydroxylation is 1. The number of rotatable bonds is 5. The van der Waals surface area contributed by atoms with Crippen LogP contribution in [0.4, 0.5) is 5.82 Å². The predicted molar refractivity (Wildman–Crippen MR) is 102 cm³/mol. The van der Waals surface area contributed by atoms with E-state index in [9.17, 15) is 0 Å². The van der Waals surface area contributed by atoms with Gasteiger partial charge in [0.05, 0.1) is 0 Å². The Balaban J connectivity index is 1.91. The first-order valence-corrected chi connectivity index (χ1v) is 8.33. The molecule has 4 heteroatoms. The summed E-state index contributed by atoms with van der Waals surface area (Å²) in [5.74, 6) is 0.775. The van der Waals surface area contributed by atoms with E-state index in [0.29, 0.717) is 5.11 Å². The molecule has 2 rings (SSSR count). The maximum Gasteiger partial charge on any atom is 0.172 e. The van der Waals surface area contributed by atoms with E-state index in [-0.39, 0.29) is 11.5 Å².